The average Bonchev–Trinajstić information content (AvgIpc) is 3.46. The second-order valence-electron chi connectivity index (χ2n) is 12.0. The van der Waals surface area contributed by atoms with Crippen LogP contribution in [0.5, 0.6) is 6.01 Å². The number of amides is 1. The van der Waals surface area contributed by atoms with E-state index in [9.17, 15) is 9.18 Å². The summed E-state index contributed by atoms with van der Waals surface area (Å²) in [5.74, 6) is -0.247. The molecule has 38 heavy (non-hydrogen) atoms. The molecular weight excluding hydrogens is 518 g/mol. The highest BCUT2D eigenvalue weighted by molar-refractivity contribution is 6.30. The van der Waals surface area contributed by atoms with E-state index in [1.165, 1.54) is 6.20 Å². The number of carbonyl (C=O) groups excluding carboxylic acids is 1. The summed E-state index contributed by atoms with van der Waals surface area (Å²) < 4.78 is 41.1. The number of alkyl halides is 1. The first-order chi connectivity index (χ1) is 18.0. The number of aromatic nitrogens is 3. The Balaban J connectivity index is 1.30. The average molecular weight is 551 g/mol. The number of fused-ring (bicyclic) bond motifs is 4. The van der Waals surface area contributed by atoms with E-state index in [-0.39, 0.29) is 47.0 Å². The van der Waals surface area contributed by atoms with Crippen LogP contribution in [-0.4, -0.2) is 93.0 Å². The van der Waals surface area contributed by atoms with Crippen molar-refractivity contribution in [3.8, 4) is 6.01 Å². The number of piperazine rings is 1. The molecule has 0 aromatic carbocycles. The molecule has 0 N–H and O–H groups in total. The Hall–Kier alpha value is -2.53. The van der Waals surface area contributed by atoms with Crippen molar-refractivity contribution in [1.82, 2.24) is 24.8 Å². The topological polar surface area (TPSA) is 83.9 Å². The lowest BCUT2D eigenvalue weighted by Gasteiger charge is -2.42. The van der Waals surface area contributed by atoms with E-state index in [2.05, 4.69) is 14.9 Å². The molecule has 2 bridgehead atoms. The van der Waals surface area contributed by atoms with E-state index in [1.54, 1.807) is 0 Å². The predicted molar refractivity (Wildman–Crippen MR) is 138 cm³/mol. The Morgan fingerprint density at radius 2 is 1.95 bits per heavy atom. The molecule has 4 fully saturated rings. The maximum absolute atomic E-state index is 15.1. The number of nitrogens with zero attached hydrogens (tertiary/aromatic N) is 6. The standard InChI is InChI=1S/C26H33ClF2N6O3/c1-25(2,3)38-24(36)35-16-5-6-17(35)13-33(12-16)22-18-10-30-21(27)19(29)20(18)31-23(32-22)37-14-26-7-4-8-34(26)11-15(28)9-26/h10,15-17H,4-9,11-14H2,1-3H3/t15-,16?,17?,26+/m0/s1. The number of carbonyl (C=O) groups is 1. The highest BCUT2D eigenvalue weighted by Gasteiger charge is 2.49. The van der Waals surface area contributed by atoms with Gasteiger partial charge in [-0.15, -0.1) is 0 Å². The van der Waals surface area contributed by atoms with Gasteiger partial charge in [0.25, 0.3) is 0 Å². The SMILES string of the molecule is CC(C)(C)OC(=O)N1C2CCC1CN(c1nc(OC[C@]34CCCN3C[C@@H](F)C4)nc3c(F)c(Cl)ncc13)C2. The van der Waals surface area contributed by atoms with Crippen molar-refractivity contribution in [3.63, 3.8) is 0 Å². The number of hydrogen-bond acceptors (Lipinski definition) is 8. The van der Waals surface area contributed by atoms with Gasteiger partial charge in [-0.05, 0) is 53.0 Å². The first-order valence-electron chi connectivity index (χ1n) is 13.3. The lowest BCUT2D eigenvalue weighted by molar-refractivity contribution is 0.0122. The van der Waals surface area contributed by atoms with Gasteiger partial charge in [-0.25, -0.2) is 18.6 Å². The molecule has 4 atom stereocenters. The first kappa shape index (κ1) is 25.7. The van der Waals surface area contributed by atoms with Gasteiger partial charge in [0.05, 0.1) is 23.0 Å². The van der Waals surface area contributed by atoms with Crippen molar-refractivity contribution in [2.45, 2.75) is 82.3 Å². The number of halogens is 3. The summed E-state index contributed by atoms with van der Waals surface area (Å²) in [7, 11) is 0. The Labute approximate surface area is 225 Å². The monoisotopic (exact) mass is 550 g/mol. The first-order valence-corrected chi connectivity index (χ1v) is 13.7. The zero-order chi connectivity index (χ0) is 26.8. The van der Waals surface area contributed by atoms with Crippen LogP contribution in [-0.2, 0) is 4.74 Å². The molecule has 0 aliphatic carbocycles. The number of anilines is 1. The van der Waals surface area contributed by atoms with E-state index < -0.39 is 17.6 Å². The minimum absolute atomic E-state index is 0.0270. The van der Waals surface area contributed by atoms with E-state index in [1.807, 2.05) is 30.6 Å². The number of ether oxygens (including phenoxy) is 2. The van der Waals surface area contributed by atoms with Crippen molar-refractivity contribution < 1.29 is 23.0 Å². The summed E-state index contributed by atoms with van der Waals surface area (Å²) in [6, 6.07) is -0.0953. The van der Waals surface area contributed by atoms with Crippen LogP contribution >= 0.6 is 11.6 Å². The van der Waals surface area contributed by atoms with Crippen molar-refractivity contribution in [3.05, 3.63) is 17.2 Å². The van der Waals surface area contributed by atoms with Gasteiger partial charge >= 0.3 is 12.1 Å². The van der Waals surface area contributed by atoms with Crippen molar-refractivity contribution in [2.75, 3.05) is 37.7 Å². The number of rotatable bonds is 4. The van der Waals surface area contributed by atoms with Crippen LogP contribution in [0.2, 0.25) is 5.15 Å². The minimum Gasteiger partial charge on any atom is -0.461 e. The maximum Gasteiger partial charge on any atom is 0.410 e. The number of pyridine rings is 1. The molecule has 2 aromatic rings. The van der Waals surface area contributed by atoms with Gasteiger partial charge in [0.1, 0.15) is 29.7 Å². The molecule has 12 heteroatoms. The van der Waals surface area contributed by atoms with Crippen LogP contribution in [0.25, 0.3) is 10.9 Å². The van der Waals surface area contributed by atoms with Crippen LogP contribution in [0.15, 0.2) is 6.20 Å². The fourth-order valence-corrected chi connectivity index (χ4v) is 6.78. The summed E-state index contributed by atoms with van der Waals surface area (Å²) in [6.45, 7) is 8.06. The Morgan fingerprint density at radius 1 is 1.21 bits per heavy atom. The molecule has 4 saturated heterocycles. The fourth-order valence-electron chi connectivity index (χ4n) is 6.64. The zero-order valence-corrected chi connectivity index (χ0v) is 22.7. The van der Waals surface area contributed by atoms with Gasteiger partial charge in [0.15, 0.2) is 11.0 Å². The second kappa shape index (κ2) is 9.29. The molecule has 4 aliphatic rings. The van der Waals surface area contributed by atoms with Gasteiger partial charge in [0, 0.05) is 32.3 Å². The highest BCUT2D eigenvalue weighted by atomic mass is 35.5. The molecule has 206 valence electrons. The summed E-state index contributed by atoms with van der Waals surface area (Å²) in [4.78, 5) is 32.0. The van der Waals surface area contributed by atoms with E-state index in [0.29, 0.717) is 37.3 Å². The lowest BCUT2D eigenvalue weighted by atomic mass is 9.95. The summed E-state index contributed by atoms with van der Waals surface area (Å²) in [6.07, 6.45) is 4.20. The molecule has 9 nitrogen and oxygen atoms in total. The van der Waals surface area contributed by atoms with Crippen LogP contribution in [0, 0.1) is 5.82 Å². The second-order valence-corrected chi connectivity index (χ2v) is 12.4. The van der Waals surface area contributed by atoms with E-state index >= 15 is 4.39 Å². The minimum atomic E-state index is -0.883. The third kappa shape index (κ3) is 4.51. The fraction of sp³-hybridized carbons (Fsp3) is 0.692. The molecule has 0 spiro atoms. The van der Waals surface area contributed by atoms with Crippen molar-refractivity contribution in [2.24, 2.45) is 0 Å². The number of hydrogen-bond donors (Lipinski definition) is 0. The normalized spacial score (nSPS) is 29.3. The largest absolute Gasteiger partial charge is 0.461 e. The predicted octanol–water partition coefficient (Wildman–Crippen LogP) is 4.36. The quantitative estimate of drug-likeness (QED) is 0.519. The molecule has 1 amide bonds. The smallest absolute Gasteiger partial charge is 0.410 e. The summed E-state index contributed by atoms with van der Waals surface area (Å²) >= 11 is 6.00. The molecule has 6 heterocycles. The van der Waals surface area contributed by atoms with Crippen LogP contribution in [0.1, 0.15) is 52.9 Å². The molecule has 0 saturated carbocycles. The van der Waals surface area contributed by atoms with Crippen LogP contribution in [0.3, 0.4) is 0 Å². The van der Waals surface area contributed by atoms with Crippen molar-refractivity contribution in [1.29, 1.82) is 0 Å². The Morgan fingerprint density at radius 3 is 2.66 bits per heavy atom. The van der Waals surface area contributed by atoms with Crippen molar-refractivity contribution >= 4 is 34.4 Å². The Bertz CT molecular complexity index is 1250. The maximum atomic E-state index is 15.1. The van der Waals surface area contributed by atoms with Gasteiger partial charge in [-0.3, -0.25) is 9.80 Å². The van der Waals surface area contributed by atoms with Crippen LogP contribution < -0.4 is 9.64 Å². The Kier molecular flexibility index (Phi) is 6.29. The molecule has 0 radical (unpaired) electrons. The van der Waals surface area contributed by atoms with E-state index in [0.717, 1.165) is 32.2 Å². The van der Waals surface area contributed by atoms with Gasteiger partial charge < -0.3 is 14.4 Å². The molecule has 2 unspecified atom stereocenters. The van der Waals surface area contributed by atoms with Gasteiger partial charge in [-0.1, -0.05) is 11.6 Å². The third-order valence-electron chi connectivity index (χ3n) is 8.22. The van der Waals surface area contributed by atoms with E-state index in [4.69, 9.17) is 26.1 Å². The highest BCUT2D eigenvalue weighted by Crippen LogP contribution is 2.41. The van der Waals surface area contributed by atoms with Gasteiger partial charge in [-0.2, -0.15) is 9.97 Å². The molecule has 4 aliphatic heterocycles. The summed E-state index contributed by atoms with van der Waals surface area (Å²) in [5, 5.41) is 0.147. The van der Waals surface area contributed by atoms with Gasteiger partial charge in [0.2, 0.25) is 0 Å². The zero-order valence-electron chi connectivity index (χ0n) is 21.9. The molecule has 6 rings (SSSR count). The molecule has 2 aromatic heterocycles. The van der Waals surface area contributed by atoms with Crippen LogP contribution in [0.4, 0.5) is 19.4 Å². The molecular formula is C26H33ClF2N6O3. The third-order valence-corrected chi connectivity index (χ3v) is 8.48. The lowest BCUT2D eigenvalue weighted by Crippen LogP contribution is -2.57. The summed E-state index contributed by atoms with van der Waals surface area (Å²) in [5.41, 5.74) is -0.937.